The summed E-state index contributed by atoms with van der Waals surface area (Å²) in [5, 5.41) is 9.35. The lowest BCUT2D eigenvalue weighted by molar-refractivity contribution is -0.122. The Morgan fingerprint density at radius 3 is 2.76 bits per heavy atom. The van der Waals surface area contributed by atoms with Gasteiger partial charge in [0.2, 0.25) is 5.91 Å². The maximum absolute atomic E-state index is 11.7. The van der Waals surface area contributed by atoms with Crippen molar-refractivity contribution in [2.45, 2.75) is 51.5 Å². The van der Waals surface area contributed by atoms with Crippen LogP contribution >= 0.6 is 0 Å². The number of nitrogens with one attached hydrogen (secondary N) is 2. The van der Waals surface area contributed by atoms with Crippen LogP contribution in [0.25, 0.3) is 0 Å². The second-order valence-electron chi connectivity index (χ2n) is 4.77. The summed E-state index contributed by atoms with van der Waals surface area (Å²) < 4.78 is 0. The van der Waals surface area contributed by atoms with E-state index in [1.165, 1.54) is 44.9 Å². The zero-order valence-electron chi connectivity index (χ0n) is 10.1. The van der Waals surface area contributed by atoms with Gasteiger partial charge in [-0.25, -0.2) is 4.98 Å². The molecule has 5 nitrogen and oxygen atoms in total. The summed E-state index contributed by atoms with van der Waals surface area (Å²) in [4.78, 5) is 15.7. The zero-order chi connectivity index (χ0) is 11.9. The quantitative estimate of drug-likeness (QED) is 0.783. The van der Waals surface area contributed by atoms with Crippen molar-refractivity contribution in [2.24, 2.45) is 5.92 Å². The lowest BCUT2D eigenvalue weighted by Crippen LogP contribution is -2.25. The van der Waals surface area contributed by atoms with E-state index in [9.17, 15) is 4.79 Å². The third-order valence-corrected chi connectivity index (χ3v) is 3.37. The molecule has 0 radical (unpaired) electrons. The van der Waals surface area contributed by atoms with Crippen molar-refractivity contribution in [3.63, 3.8) is 0 Å². The van der Waals surface area contributed by atoms with E-state index in [4.69, 9.17) is 0 Å². The number of H-pyrrole nitrogens is 1. The van der Waals surface area contributed by atoms with Crippen LogP contribution in [0.3, 0.4) is 0 Å². The summed E-state index contributed by atoms with van der Waals surface area (Å²) >= 11 is 0. The van der Waals surface area contributed by atoms with Crippen molar-refractivity contribution >= 4 is 5.91 Å². The van der Waals surface area contributed by atoms with Crippen molar-refractivity contribution in [3.05, 3.63) is 12.2 Å². The van der Waals surface area contributed by atoms with Gasteiger partial charge in [0.1, 0.15) is 12.2 Å². The van der Waals surface area contributed by atoms with Gasteiger partial charge in [-0.3, -0.25) is 9.89 Å². The number of nitrogens with zero attached hydrogens (tertiary/aromatic N) is 2. The third-order valence-electron chi connectivity index (χ3n) is 3.37. The molecule has 1 aromatic rings. The number of amides is 1. The van der Waals surface area contributed by atoms with E-state index in [0.717, 1.165) is 0 Å². The Labute approximate surface area is 101 Å². The molecule has 0 saturated heterocycles. The molecule has 0 spiro atoms. The van der Waals surface area contributed by atoms with E-state index in [-0.39, 0.29) is 5.91 Å². The molecular formula is C12H20N4O. The highest BCUT2D eigenvalue weighted by atomic mass is 16.1. The lowest BCUT2D eigenvalue weighted by Gasteiger charge is -2.12. The smallest absolute Gasteiger partial charge is 0.220 e. The Kier molecular flexibility index (Phi) is 4.53. The molecule has 0 atom stereocenters. The van der Waals surface area contributed by atoms with Crippen LogP contribution in [0.1, 0.15) is 50.8 Å². The van der Waals surface area contributed by atoms with Crippen LogP contribution in [0.5, 0.6) is 0 Å². The number of aromatic amines is 1. The predicted molar refractivity (Wildman–Crippen MR) is 64.0 cm³/mol. The molecule has 1 amide bonds. The number of aromatic nitrogens is 3. The highest BCUT2D eigenvalue weighted by Gasteiger charge is 2.15. The number of rotatable bonds is 4. The first-order valence-electron chi connectivity index (χ1n) is 6.45. The maximum Gasteiger partial charge on any atom is 0.220 e. The van der Waals surface area contributed by atoms with Crippen LogP contribution in [0.2, 0.25) is 0 Å². The van der Waals surface area contributed by atoms with Crippen LogP contribution in [0.15, 0.2) is 6.33 Å². The molecule has 2 rings (SSSR count). The van der Waals surface area contributed by atoms with E-state index in [2.05, 4.69) is 20.5 Å². The van der Waals surface area contributed by atoms with Crippen molar-refractivity contribution < 1.29 is 4.79 Å². The third kappa shape index (κ3) is 4.17. The van der Waals surface area contributed by atoms with Crippen LogP contribution < -0.4 is 5.32 Å². The molecule has 2 N–H and O–H groups in total. The second-order valence-corrected chi connectivity index (χ2v) is 4.77. The molecule has 0 aromatic carbocycles. The minimum Gasteiger partial charge on any atom is -0.349 e. The summed E-state index contributed by atoms with van der Waals surface area (Å²) in [6.07, 6.45) is 9.73. The summed E-state index contributed by atoms with van der Waals surface area (Å²) in [5.74, 6) is 1.42. The monoisotopic (exact) mass is 236 g/mol. The maximum atomic E-state index is 11.7. The van der Waals surface area contributed by atoms with Gasteiger partial charge < -0.3 is 5.32 Å². The van der Waals surface area contributed by atoms with Crippen molar-refractivity contribution in [2.75, 3.05) is 0 Å². The van der Waals surface area contributed by atoms with Crippen molar-refractivity contribution in [1.82, 2.24) is 20.5 Å². The topological polar surface area (TPSA) is 70.7 Å². The Hall–Kier alpha value is -1.39. The first-order valence-corrected chi connectivity index (χ1v) is 6.45. The highest BCUT2D eigenvalue weighted by Crippen LogP contribution is 2.25. The molecular weight excluding hydrogens is 216 g/mol. The predicted octanol–water partition coefficient (Wildman–Crippen LogP) is 1.78. The number of hydrogen-bond donors (Lipinski definition) is 2. The summed E-state index contributed by atoms with van der Waals surface area (Å²) in [7, 11) is 0. The van der Waals surface area contributed by atoms with Gasteiger partial charge in [-0.15, -0.1) is 0 Å². The van der Waals surface area contributed by atoms with Gasteiger partial charge >= 0.3 is 0 Å². The van der Waals surface area contributed by atoms with Crippen LogP contribution in [0.4, 0.5) is 0 Å². The standard InChI is InChI=1S/C12H20N4O/c17-12(13-8-11-14-9-15-16-11)7-10-5-3-1-2-4-6-10/h9-10H,1-8H2,(H,13,17)(H,14,15,16). The lowest BCUT2D eigenvalue weighted by atomic mass is 9.96. The summed E-state index contributed by atoms with van der Waals surface area (Å²) in [5.41, 5.74) is 0. The van der Waals surface area contributed by atoms with Gasteiger partial charge in [-0.1, -0.05) is 25.7 Å². The fourth-order valence-electron chi connectivity index (χ4n) is 2.40. The van der Waals surface area contributed by atoms with Crippen molar-refractivity contribution in [3.8, 4) is 0 Å². The molecule has 1 heterocycles. The molecule has 0 bridgehead atoms. The van der Waals surface area contributed by atoms with Gasteiger partial charge in [0.15, 0.2) is 0 Å². The van der Waals surface area contributed by atoms with Gasteiger partial charge in [0.25, 0.3) is 0 Å². The average molecular weight is 236 g/mol. The molecule has 1 fully saturated rings. The van der Waals surface area contributed by atoms with E-state index >= 15 is 0 Å². The van der Waals surface area contributed by atoms with E-state index < -0.39 is 0 Å². The molecule has 1 aliphatic carbocycles. The fraction of sp³-hybridized carbons (Fsp3) is 0.750. The molecule has 94 valence electrons. The SMILES string of the molecule is O=C(CC1CCCCCC1)NCc1ncn[nH]1. The Bertz CT molecular complexity index is 328. The minimum absolute atomic E-state index is 0.133. The largest absolute Gasteiger partial charge is 0.349 e. The molecule has 1 saturated carbocycles. The molecule has 17 heavy (non-hydrogen) atoms. The van der Waals surface area contributed by atoms with E-state index in [0.29, 0.717) is 24.7 Å². The van der Waals surface area contributed by atoms with E-state index in [1.54, 1.807) is 0 Å². The Morgan fingerprint density at radius 1 is 1.35 bits per heavy atom. The summed E-state index contributed by atoms with van der Waals surface area (Å²) in [6.45, 7) is 0.450. The normalized spacial score (nSPS) is 17.6. The van der Waals surface area contributed by atoms with E-state index in [1.807, 2.05) is 0 Å². The number of carbonyl (C=O) groups excluding carboxylic acids is 1. The molecule has 0 aliphatic heterocycles. The Morgan fingerprint density at radius 2 is 2.12 bits per heavy atom. The molecule has 0 unspecified atom stereocenters. The second kappa shape index (κ2) is 6.37. The molecule has 1 aromatic heterocycles. The van der Waals surface area contributed by atoms with Gasteiger partial charge in [0.05, 0.1) is 6.54 Å². The number of hydrogen-bond acceptors (Lipinski definition) is 3. The fourth-order valence-corrected chi connectivity index (χ4v) is 2.40. The highest BCUT2D eigenvalue weighted by molar-refractivity contribution is 5.76. The van der Waals surface area contributed by atoms with Gasteiger partial charge in [-0.05, 0) is 18.8 Å². The first-order chi connectivity index (χ1) is 8.34. The van der Waals surface area contributed by atoms with Gasteiger partial charge in [0, 0.05) is 6.42 Å². The number of carbonyl (C=O) groups is 1. The average Bonchev–Trinajstić information content (AvgIpc) is 2.72. The molecule has 1 aliphatic rings. The van der Waals surface area contributed by atoms with Crippen molar-refractivity contribution in [1.29, 1.82) is 0 Å². The minimum atomic E-state index is 0.133. The first kappa shape index (κ1) is 12.1. The van der Waals surface area contributed by atoms with Gasteiger partial charge in [-0.2, -0.15) is 5.10 Å². The molecule has 5 heteroatoms. The summed E-state index contributed by atoms with van der Waals surface area (Å²) in [6, 6.07) is 0. The van der Waals surface area contributed by atoms with Crippen LogP contribution in [0, 0.1) is 5.92 Å². The Balaban J connectivity index is 1.69. The van der Waals surface area contributed by atoms with Crippen LogP contribution in [-0.4, -0.2) is 21.1 Å². The zero-order valence-corrected chi connectivity index (χ0v) is 10.1. The van der Waals surface area contributed by atoms with Crippen LogP contribution in [-0.2, 0) is 11.3 Å².